The highest BCUT2D eigenvalue weighted by Crippen LogP contribution is 2.14. The predicted molar refractivity (Wildman–Crippen MR) is 76.4 cm³/mol. The molecule has 1 aromatic carbocycles. The molecule has 0 atom stereocenters. The molecule has 108 valence electrons. The van der Waals surface area contributed by atoms with Gasteiger partial charge < -0.3 is 9.47 Å². The van der Waals surface area contributed by atoms with E-state index < -0.39 is 11.9 Å². The van der Waals surface area contributed by atoms with Crippen molar-refractivity contribution in [2.75, 3.05) is 7.11 Å². The summed E-state index contributed by atoms with van der Waals surface area (Å²) in [6, 6.07) is 11.7. The molecule has 0 unspecified atom stereocenters. The standard InChI is InChI=1S/C16H15NO4/c1-3-11-7-9-12(10-8-11)21-16(19)14-6-4-5-13(17-14)15(18)20-2/h4-10H,3H2,1-2H3. The second-order valence-electron chi connectivity index (χ2n) is 4.29. The Morgan fingerprint density at radius 3 is 2.19 bits per heavy atom. The van der Waals surface area contributed by atoms with Gasteiger partial charge in [0.05, 0.1) is 7.11 Å². The number of aryl methyl sites for hydroxylation is 1. The predicted octanol–water partition coefficient (Wildman–Crippen LogP) is 2.65. The van der Waals surface area contributed by atoms with Crippen molar-refractivity contribution in [3.05, 3.63) is 59.4 Å². The minimum Gasteiger partial charge on any atom is -0.464 e. The fourth-order valence-electron chi connectivity index (χ4n) is 1.72. The van der Waals surface area contributed by atoms with Crippen molar-refractivity contribution in [1.29, 1.82) is 0 Å². The first-order valence-electron chi connectivity index (χ1n) is 6.50. The number of benzene rings is 1. The van der Waals surface area contributed by atoms with E-state index in [1.165, 1.54) is 19.2 Å². The van der Waals surface area contributed by atoms with Gasteiger partial charge in [0.2, 0.25) is 0 Å². The van der Waals surface area contributed by atoms with Gasteiger partial charge in [0.15, 0.2) is 0 Å². The molecule has 5 nitrogen and oxygen atoms in total. The zero-order chi connectivity index (χ0) is 15.2. The summed E-state index contributed by atoms with van der Waals surface area (Å²) in [6.45, 7) is 2.04. The van der Waals surface area contributed by atoms with Gasteiger partial charge >= 0.3 is 11.9 Å². The molecule has 0 aliphatic heterocycles. The second kappa shape index (κ2) is 6.65. The highest BCUT2D eigenvalue weighted by Gasteiger charge is 2.14. The quantitative estimate of drug-likeness (QED) is 0.638. The van der Waals surface area contributed by atoms with Gasteiger partial charge in [0, 0.05) is 0 Å². The topological polar surface area (TPSA) is 65.5 Å². The van der Waals surface area contributed by atoms with Crippen LogP contribution in [0.3, 0.4) is 0 Å². The summed E-state index contributed by atoms with van der Waals surface area (Å²) in [5.74, 6) is -0.788. The van der Waals surface area contributed by atoms with Crippen LogP contribution in [0.15, 0.2) is 42.5 Å². The van der Waals surface area contributed by atoms with Crippen LogP contribution in [0, 0.1) is 0 Å². The molecule has 2 aromatic rings. The summed E-state index contributed by atoms with van der Waals surface area (Å²) in [5, 5.41) is 0. The lowest BCUT2D eigenvalue weighted by Crippen LogP contribution is -2.13. The lowest BCUT2D eigenvalue weighted by atomic mass is 10.2. The van der Waals surface area contributed by atoms with Crippen molar-refractivity contribution < 1.29 is 19.1 Å². The molecule has 0 spiro atoms. The first-order chi connectivity index (χ1) is 10.1. The van der Waals surface area contributed by atoms with Crippen LogP contribution in [0.2, 0.25) is 0 Å². The number of esters is 2. The van der Waals surface area contributed by atoms with Crippen LogP contribution in [-0.2, 0) is 11.2 Å². The molecular formula is C16H15NO4. The largest absolute Gasteiger partial charge is 0.464 e. The maximum atomic E-state index is 12.0. The van der Waals surface area contributed by atoms with Crippen molar-refractivity contribution in [3.63, 3.8) is 0 Å². The van der Waals surface area contributed by atoms with Crippen LogP contribution in [0.4, 0.5) is 0 Å². The molecule has 2 rings (SSSR count). The molecule has 0 radical (unpaired) electrons. The first kappa shape index (κ1) is 14.7. The molecular weight excluding hydrogens is 270 g/mol. The summed E-state index contributed by atoms with van der Waals surface area (Å²) >= 11 is 0. The van der Waals surface area contributed by atoms with E-state index in [1.807, 2.05) is 19.1 Å². The van der Waals surface area contributed by atoms with E-state index in [-0.39, 0.29) is 11.4 Å². The molecule has 1 aromatic heterocycles. The third-order valence-corrected chi connectivity index (χ3v) is 2.89. The molecule has 0 aliphatic rings. The van der Waals surface area contributed by atoms with Crippen molar-refractivity contribution >= 4 is 11.9 Å². The maximum absolute atomic E-state index is 12.0. The maximum Gasteiger partial charge on any atom is 0.362 e. The van der Waals surface area contributed by atoms with E-state index in [0.29, 0.717) is 5.75 Å². The van der Waals surface area contributed by atoms with Crippen molar-refractivity contribution in [2.24, 2.45) is 0 Å². The van der Waals surface area contributed by atoms with Crippen LogP contribution >= 0.6 is 0 Å². The molecule has 0 fully saturated rings. The zero-order valence-electron chi connectivity index (χ0n) is 11.8. The van der Waals surface area contributed by atoms with Gasteiger partial charge in [0.1, 0.15) is 17.1 Å². The molecule has 0 bridgehead atoms. The number of hydrogen-bond acceptors (Lipinski definition) is 5. The Morgan fingerprint density at radius 2 is 1.62 bits per heavy atom. The Labute approximate surface area is 122 Å². The van der Waals surface area contributed by atoms with Gasteiger partial charge in [0.25, 0.3) is 0 Å². The summed E-state index contributed by atoms with van der Waals surface area (Å²) in [5.41, 5.74) is 1.27. The number of rotatable bonds is 4. The van der Waals surface area contributed by atoms with Crippen LogP contribution < -0.4 is 4.74 Å². The van der Waals surface area contributed by atoms with Crippen LogP contribution in [0.1, 0.15) is 33.5 Å². The van der Waals surface area contributed by atoms with Gasteiger partial charge in [-0.05, 0) is 36.2 Å². The molecule has 1 heterocycles. The summed E-state index contributed by atoms with van der Waals surface area (Å²) < 4.78 is 9.78. The summed E-state index contributed by atoms with van der Waals surface area (Å²) in [6.07, 6.45) is 0.914. The molecule has 0 saturated heterocycles. The van der Waals surface area contributed by atoms with Crippen LogP contribution in [0.5, 0.6) is 5.75 Å². The van der Waals surface area contributed by atoms with Gasteiger partial charge in [-0.15, -0.1) is 0 Å². The monoisotopic (exact) mass is 285 g/mol. The Morgan fingerprint density at radius 1 is 1.00 bits per heavy atom. The Kier molecular flexibility index (Phi) is 4.66. The number of carbonyl (C=O) groups is 2. The Bertz CT molecular complexity index is 650. The van der Waals surface area contributed by atoms with E-state index in [1.54, 1.807) is 18.2 Å². The van der Waals surface area contributed by atoms with Crippen LogP contribution in [-0.4, -0.2) is 24.0 Å². The zero-order valence-corrected chi connectivity index (χ0v) is 11.8. The van der Waals surface area contributed by atoms with Gasteiger partial charge in [-0.2, -0.15) is 0 Å². The second-order valence-corrected chi connectivity index (χ2v) is 4.29. The smallest absolute Gasteiger partial charge is 0.362 e. The van der Waals surface area contributed by atoms with Gasteiger partial charge in [-0.3, -0.25) is 0 Å². The highest BCUT2D eigenvalue weighted by atomic mass is 16.5. The third-order valence-electron chi connectivity index (χ3n) is 2.89. The lowest BCUT2D eigenvalue weighted by Gasteiger charge is -2.05. The third kappa shape index (κ3) is 3.66. The number of carbonyl (C=O) groups excluding carboxylic acids is 2. The minimum absolute atomic E-state index is 0.0532. The van der Waals surface area contributed by atoms with Gasteiger partial charge in [-0.1, -0.05) is 25.1 Å². The van der Waals surface area contributed by atoms with Crippen molar-refractivity contribution in [3.8, 4) is 5.75 Å². The SMILES string of the molecule is CCc1ccc(OC(=O)c2cccc(C(=O)OC)n2)cc1. The Hall–Kier alpha value is -2.69. The van der Waals surface area contributed by atoms with Gasteiger partial charge in [-0.25, -0.2) is 14.6 Å². The van der Waals surface area contributed by atoms with Crippen LogP contribution in [0.25, 0.3) is 0 Å². The average Bonchev–Trinajstić information content (AvgIpc) is 2.55. The number of aromatic nitrogens is 1. The van der Waals surface area contributed by atoms with E-state index in [9.17, 15) is 9.59 Å². The van der Waals surface area contributed by atoms with E-state index in [2.05, 4.69) is 9.72 Å². The molecule has 5 heteroatoms. The fourth-order valence-corrected chi connectivity index (χ4v) is 1.72. The number of nitrogens with zero attached hydrogens (tertiary/aromatic N) is 1. The number of methoxy groups -OCH3 is 1. The normalized spacial score (nSPS) is 10.0. The van der Waals surface area contributed by atoms with Crippen molar-refractivity contribution in [2.45, 2.75) is 13.3 Å². The molecule has 0 N–H and O–H groups in total. The average molecular weight is 285 g/mol. The summed E-state index contributed by atoms with van der Waals surface area (Å²) in [7, 11) is 1.25. The van der Waals surface area contributed by atoms with E-state index in [4.69, 9.17) is 4.74 Å². The first-order valence-corrected chi connectivity index (χ1v) is 6.50. The van der Waals surface area contributed by atoms with E-state index >= 15 is 0 Å². The number of hydrogen-bond donors (Lipinski definition) is 0. The molecule has 0 saturated carbocycles. The van der Waals surface area contributed by atoms with Crippen molar-refractivity contribution in [1.82, 2.24) is 4.98 Å². The lowest BCUT2D eigenvalue weighted by molar-refractivity contribution is 0.0593. The highest BCUT2D eigenvalue weighted by molar-refractivity contribution is 5.92. The Balaban J connectivity index is 2.14. The molecule has 21 heavy (non-hydrogen) atoms. The van der Waals surface area contributed by atoms with E-state index in [0.717, 1.165) is 12.0 Å². The number of pyridine rings is 1. The molecule has 0 amide bonds. The minimum atomic E-state index is -0.620. The summed E-state index contributed by atoms with van der Waals surface area (Å²) in [4.78, 5) is 27.3. The fraction of sp³-hybridized carbons (Fsp3) is 0.188. The number of ether oxygens (including phenoxy) is 2. The molecule has 0 aliphatic carbocycles.